The van der Waals surface area contributed by atoms with Gasteiger partial charge in [0.05, 0.1) is 0 Å². The fourth-order valence-electron chi connectivity index (χ4n) is 1.20. The molecule has 0 bridgehead atoms. The van der Waals surface area contributed by atoms with Gasteiger partial charge in [-0.15, -0.1) is 0 Å². The lowest BCUT2D eigenvalue weighted by Crippen LogP contribution is -1.98. The van der Waals surface area contributed by atoms with Crippen molar-refractivity contribution in [1.82, 2.24) is 14.4 Å². The summed E-state index contributed by atoms with van der Waals surface area (Å²) < 4.78 is 1.46. The second-order valence-corrected chi connectivity index (χ2v) is 2.63. The lowest BCUT2D eigenvalue weighted by molar-refractivity contribution is 0.100. The van der Waals surface area contributed by atoms with Crippen molar-refractivity contribution in [1.29, 1.82) is 0 Å². The van der Waals surface area contributed by atoms with Gasteiger partial charge in [-0.2, -0.15) is 4.98 Å². The summed E-state index contributed by atoms with van der Waals surface area (Å²) in [4.78, 5) is 18.7. The van der Waals surface area contributed by atoms with Gasteiger partial charge >= 0.3 is 0 Å². The molecule has 1 N–H and O–H groups in total. The molecule has 0 amide bonds. The first kappa shape index (κ1) is 7.72. The highest BCUT2D eigenvalue weighted by Crippen LogP contribution is 2.16. The fraction of sp³-hybridized carbons (Fsp3) is 0.125. The van der Waals surface area contributed by atoms with Crippen molar-refractivity contribution < 1.29 is 9.90 Å². The van der Waals surface area contributed by atoms with E-state index in [0.29, 0.717) is 5.78 Å². The third kappa shape index (κ3) is 1.05. The van der Waals surface area contributed by atoms with Gasteiger partial charge in [-0.1, -0.05) is 0 Å². The highest BCUT2D eigenvalue weighted by molar-refractivity contribution is 5.95. The summed E-state index contributed by atoms with van der Waals surface area (Å²) in [6.45, 7) is 1.37. The van der Waals surface area contributed by atoms with Gasteiger partial charge in [0.25, 0.3) is 0 Å². The Hall–Kier alpha value is -1.91. The molecule has 2 aromatic rings. The number of aromatic nitrogens is 3. The molecule has 2 heterocycles. The Kier molecular flexibility index (Phi) is 1.51. The summed E-state index contributed by atoms with van der Waals surface area (Å²) >= 11 is 0. The van der Waals surface area contributed by atoms with Crippen LogP contribution in [-0.4, -0.2) is 25.3 Å². The predicted molar refractivity (Wildman–Crippen MR) is 44.7 cm³/mol. The summed E-state index contributed by atoms with van der Waals surface area (Å²) in [5.41, 5.74) is 0.170. The maximum atomic E-state index is 11.1. The number of fused-ring (bicyclic) bond motifs is 1. The van der Waals surface area contributed by atoms with Crippen LogP contribution in [0.25, 0.3) is 5.78 Å². The van der Waals surface area contributed by atoms with Crippen LogP contribution in [0.4, 0.5) is 0 Å². The third-order valence-corrected chi connectivity index (χ3v) is 1.72. The summed E-state index contributed by atoms with van der Waals surface area (Å²) in [6.07, 6.45) is 3.18. The Morgan fingerprint density at radius 1 is 1.62 bits per heavy atom. The molecule has 0 aliphatic heterocycles. The van der Waals surface area contributed by atoms with Gasteiger partial charge in [0.15, 0.2) is 11.5 Å². The molecule has 2 aromatic heterocycles. The van der Waals surface area contributed by atoms with E-state index in [-0.39, 0.29) is 17.4 Å². The monoisotopic (exact) mass is 177 g/mol. The zero-order chi connectivity index (χ0) is 9.42. The van der Waals surface area contributed by atoms with Crippen LogP contribution in [-0.2, 0) is 0 Å². The Bertz CT molecular complexity index is 475. The highest BCUT2D eigenvalue weighted by atomic mass is 16.3. The molecule has 5 heteroatoms. The van der Waals surface area contributed by atoms with E-state index in [9.17, 15) is 9.90 Å². The van der Waals surface area contributed by atoms with Crippen LogP contribution in [0.15, 0.2) is 18.5 Å². The van der Waals surface area contributed by atoms with E-state index in [0.717, 1.165) is 0 Å². The van der Waals surface area contributed by atoms with E-state index < -0.39 is 0 Å². The van der Waals surface area contributed by atoms with Crippen LogP contribution in [0.1, 0.15) is 17.4 Å². The van der Waals surface area contributed by atoms with E-state index in [1.807, 2.05) is 0 Å². The molecule has 0 radical (unpaired) electrons. The van der Waals surface area contributed by atoms with Crippen molar-refractivity contribution in [3.05, 3.63) is 24.2 Å². The lowest BCUT2D eigenvalue weighted by Gasteiger charge is -1.94. The average molecular weight is 177 g/mol. The van der Waals surface area contributed by atoms with Gasteiger partial charge in [0, 0.05) is 19.3 Å². The normalized spacial score (nSPS) is 10.5. The number of rotatable bonds is 1. The van der Waals surface area contributed by atoms with Crippen LogP contribution < -0.4 is 0 Å². The first-order valence-corrected chi connectivity index (χ1v) is 3.73. The van der Waals surface area contributed by atoms with Crippen LogP contribution in [0.2, 0.25) is 0 Å². The van der Waals surface area contributed by atoms with Crippen molar-refractivity contribution in [3.8, 4) is 5.88 Å². The molecule has 0 atom stereocenters. The van der Waals surface area contributed by atoms with Crippen molar-refractivity contribution in [2.75, 3.05) is 0 Å². The van der Waals surface area contributed by atoms with Gasteiger partial charge in [-0.05, 0) is 6.07 Å². The summed E-state index contributed by atoms with van der Waals surface area (Å²) in [5, 5.41) is 9.31. The fourth-order valence-corrected chi connectivity index (χ4v) is 1.20. The maximum Gasteiger partial charge on any atom is 0.243 e. The van der Waals surface area contributed by atoms with E-state index in [4.69, 9.17) is 0 Å². The predicted octanol–water partition coefficient (Wildman–Crippen LogP) is 0.637. The van der Waals surface area contributed by atoms with Crippen LogP contribution in [0.3, 0.4) is 0 Å². The van der Waals surface area contributed by atoms with Gasteiger partial charge in [0.1, 0.15) is 0 Å². The van der Waals surface area contributed by atoms with Gasteiger partial charge in [-0.3, -0.25) is 9.20 Å². The first-order valence-electron chi connectivity index (χ1n) is 3.73. The van der Waals surface area contributed by atoms with E-state index in [2.05, 4.69) is 9.97 Å². The molecular weight excluding hydrogens is 170 g/mol. The van der Waals surface area contributed by atoms with Crippen molar-refractivity contribution in [2.45, 2.75) is 6.92 Å². The van der Waals surface area contributed by atoms with Crippen LogP contribution >= 0.6 is 0 Å². The number of Topliss-reactive ketones (excluding diaryl/α,β-unsaturated/α-hetero) is 1. The SMILES string of the molecule is CC(=O)c1c(O)nc2ncccn12. The Balaban J connectivity index is 2.86. The van der Waals surface area contributed by atoms with Crippen molar-refractivity contribution in [2.24, 2.45) is 0 Å². The number of hydrogen-bond donors (Lipinski definition) is 1. The number of nitrogens with zero attached hydrogens (tertiary/aromatic N) is 3. The number of ketones is 1. The van der Waals surface area contributed by atoms with Gasteiger partial charge < -0.3 is 5.11 Å². The minimum atomic E-state index is -0.272. The number of hydrogen-bond acceptors (Lipinski definition) is 4. The standard InChI is InChI=1S/C8H7N3O2/c1-5(12)6-7(13)10-8-9-3-2-4-11(6)8/h2-4,13H,1H3. The smallest absolute Gasteiger partial charge is 0.243 e. The van der Waals surface area contributed by atoms with Crippen molar-refractivity contribution >= 4 is 11.6 Å². The molecular formula is C8H7N3O2. The molecule has 0 unspecified atom stereocenters. The zero-order valence-corrected chi connectivity index (χ0v) is 6.93. The molecule has 0 saturated heterocycles. The molecule has 5 nitrogen and oxygen atoms in total. The molecule has 0 spiro atoms. The Morgan fingerprint density at radius 3 is 3.08 bits per heavy atom. The number of aromatic hydroxyl groups is 1. The van der Waals surface area contributed by atoms with E-state index in [1.165, 1.54) is 11.3 Å². The van der Waals surface area contributed by atoms with Gasteiger partial charge in [-0.25, -0.2) is 4.98 Å². The van der Waals surface area contributed by atoms with Gasteiger partial charge in [0.2, 0.25) is 11.7 Å². The molecule has 2 rings (SSSR count). The highest BCUT2D eigenvalue weighted by Gasteiger charge is 2.14. The molecule has 66 valence electrons. The molecule has 0 saturated carbocycles. The molecule has 13 heavy (non-hydrogen) atoms. The Morgan fingerprint density at radius 2 is 2.38 bits per heavy atom. The quantitative estimate of drug-likeness (QED) is 0.649. The van der Waals surface area contributed by atoms with Crippen molar-refractivity contribution in [3.63, 3.8) is 0 Å². The number of imidazole rings is 1. The minimum absolute atomic E-state index is 0.170. The summed E-state index contributed by atoms with van der Waals surface area (Å²) in [5.74, 6) is -0.186. The van der Waals surface area contributed by atoms with Crippen LogP contribution in [0.5, 0.6) is 5.88 Å². The average Bonchev–Trinajstić information content (AvgIpc) is 2.39. The third-order valence-electron chi connectivity index (χ3n) is 1.72. The summed E-state index contributed by atoms with van der Waals surface area (Å²) in [7, 11) is 0. The summed E-state index contributed by atoms with van der Waals surface area (Å²) in [6, 6.07) is 1.67. The van der Waals surface area contributed by atoms with Crippen LogP contribution in [0, 0.1) is 0 Å². The number of carbonyl (C=O) groups is 1. The maximum absolute atomic E-state index is 11.1. The Labute approximate surface area is 73.7 Å². The minimum Gasteiger partial charge on any atom is -0.492 e. The molecule has 0 aromatic carbocycles. The second-order valence-electron chi connectivity index (χ2n) is 2.63. The lowest BCUT2D eigenvalue weighted by atomic mass is 10.3. The topological polar surface area (TPSA) is 67.5 Å². The molecule has 0 aliphatic rings. The second kappa shape index (κ2) is 2.55. The van der Waals surface area contributed by atoms with E-state index in [1.54, 1.807) is 18.5 Å². The first-order chi connectivity index (χ1) is 6.20. The molecule has 0 aliphatic carbocycles. The number of carbonyl (C=O) groups excluding carboxylic acids is 1. The largest absolute Gasteiger partial charge is 0.492 e. The zero-order valence-electron chi connectivity index (χ0n) is 6.93. The van der Waals surface area contributed by atoms with E-state index >= 15 is 0 Å². The molecule has 0 fully saturated rings.